The molecule has 0 aliphatic heterocycles. The van der Waals surface area contributed by atoms with E-state index in [2.05, 4.69) is 0 Å². The summed E-state index contributed by atoms with van der Waals surface area (Å²) in [5.74, 6) is -0.879. The van der Waals surface area contributed by atoms with Gasteiger partial charge in [-0.15, -0.1) is 0 Å². The predicted molar refractivity (Wildman–Crippen MR) is 66.5 cm³/mol. The molecule has 0 fully saturated rings. The molecule has 0 unspecified atom stereocenters. The van der Waals surface area contributed by atoms with Gasteiger partial charge < -0.3 is 16.4 Å². The Bertz CT molecular complexity index is 423. The Kier molecular flexibility index (Phi) is 4.23. The summed E-state index contributed by atoms with van der Waals surface area (Å²) in [4.78, 5) is 24.1. The van der Waals surface area contributed by atoms with Gasteiger partial charge in [0.2, 0.25) is 11.8 Å². The number of carbonyl (C=O) groups is 2. The third kappa shape index (κ3) is 3.04. The van der Waals surface area contributed by atoms with Gasteiger partial charge in [0, 0.05) is 0 Å². The van der Waals surface area contributed by atoms with E-state index in [4.69, 9.17) is 11.5 Å². The molecule has 0 aromatic heterocycles. The highest BCUT2D eigenvalue weighted by molar-refractivity contribution is 6.00. The van der Waals surface area contributed by atoms with Crippen LogP contribution in [0.5, 0.6) is 0 Å². The quantitative estimate of drug-likeness (QED) is 0.774. The molecule has 5 nitrogen and oxygen atoms in total. The van der Waals surface area contributed by atoms with Gasteiger partial charge in [-0.2, -0.15) is 0 Å². The molecule has 92 valence electrons. The number of anilines is 1. The van der Waals surface area contributed by atoms with Crippen LogP contribution in [0.15, 0.2) is 18.2 Å². The molecule has 0 heterocycles. The Labute approximate surface area is 100 Å². The lowest BCUT2D eigenvalue weighted by atomic mass is 10.1. The van der Waals surface area contributed by atoms with Gasteiger partial charge in [-0.3, -0.25) is 9.59 Å². The smallest absolute Gasteiger partial charge is 0.241 e. The number of hydrogen-bond donors (Lipinski definition) is 2. The second-order valence-corrected chi connectivity index (χ2v) is 3.89. The minimum Gasteiger partial charge on any atom is -0.368 e. The van der Waals surface area contributed by atoms with Gasteiger partial charge in [0.1, 0.15) is 6.54 Å². The number of nitrogens with two attached hydrogens (primary N) is 2. The fourth-order valence-electron chi connectivity index (χ4n) is 1.79. The Hall–Kier alpha value is -1.88. The zero-order valence-electron chi connectivity index (χ0n) is 10.1. The predicted octanol–water partition coefficient (Wildman–Crippen LogP) is 0.0804. The summed E-state index contributed by atoms with van der Waals surface area (Å²) in [5, 5.41) is 0. The maximum atomic E-state index is 11.7. The molecule has 1 aromatic rings. The van der Waals surface area contributed by atoms with E-state index in [9.17, 15) is 9.59 Å². The molecule has 1 rings (SSSR count). The lowest BCUT2D eigenvalue weighted by Gasteiger charge is -2.24. The highest BCUT2D eigenvalue weighted by atomic mass is 16.2. The Balaban J connectivity index is 3.21. The minimum atomic E-state index is -0.561. The number of nitrogens with zero attached hydrogens (tertiary/aromatic N) is 1. The average molecular weight is 235 g/mol. The molecule has 0 aliphatic carbocycles. The fourth-order valence-corrected chi connectivity index (χ4v) is 1.79. The van der Waals surface area contributed by atoms with Crippen LogP contribution in [0, 0.1) is 13.8 Å². The molecule has 0 saturated carbocycles. The van der Waals surface area contributed by atoms with Crippen LogP contribution in [0.2, 0.25) is 0 Å². The van der Waals surface area contributed by atoms with Crippen LogP contribution in [0.25, 0.3) is 0 Å². The molecular weight excluding hydrogens is 218 g/mol. The summed E-state index contributed by atoms with van der Waals surface area (Å²) in [5.41, 5.74) is 13.0. The highest BCUT2D eigenvalue weighted by Gasteiger charge is 2.19. The maximum Gasteiger partial charge on any atom is 0.241 e. The van der Waals surface area contributed by atoms with Crippen LogP contribution < -0.4 is 16.4 Å². The summed E-state index contributed by atoms with van der Waals surface area (Å²) in [6, 6.07) is 5.64. The zero-order chi connectivity index (χ0) is 13.0. The van der Waals surface area contributed by atoms with Crippen LogP contribution >= 0.6 is 0 Å². The molecule has 0 bridgehead atoms. The largest absolute Gasteiger partial charge is 0.368 e. The number of hydrogen-bond acceptors (Lipinski definition) is 3. The molecule has 5 heteroatoms. The van der Waals surface area contributed by atoms with E-state index in [1.54, 1.807) is 0 Å². The van der Waals surface area contributed by atoms with E-state index in [1.807, 2.05) is 32.0 Å². The van der Waals surface area contributed by atoms with Crippen molar-refractivity contribution in [3.8, 4) is 0 Å². The number of amides is 2. The first-order valence-electron chi connectivity index (χ1n) is 5.32. The van der Waals surface area contributed by atoms with Crippen molar-refractivity contribution >= 4 is 17.5 Å². The number of rotatable bonds is 4. The van der Waals surface area contributed by atoms with E-state index in [1.165, 1.54) is 4.90 Å². The molecule has 2 amide bonds. The van der Waals surface area contributed by atoms with E-state index in [0.717, 1.165) is 11.1 Å². The lowest BCUT2D eigenvalue weighted by Crippen LogP contribution is -2.42. The van der Waals surface area contributed by atoms with Gasteiger partial charge >= 0.3 is 0 Å². The van der Waals surface area contributed by atoms with E-state index in [-0.39, 0.29) is 19.0 Å². The topological polar surface area (TPSA) is 89.4 Å². The van der Waals surface area contributed by atoms with Crippen molar-refractivity contribution in [3.63, 3.8) is 0 Å². The standard InChI is InChI=1S/C12H17N3O2/c1-8-4-3-5-9(2)12(8)15(7-10(14)16)11(17)6-13/h3-5H,6-7,13H2,1-2H3,(H2,14,16). The molecule has 0 radical (unpaired) electrons. The fraction of sp³-hybridized carbons (Fsp3) is 0.333. The van der Waals surface area contributed by atoms with Crippen LogP contribution in [-0.2, 0) is 9.59 Å². The zero-order valence-corrected chi connectivity index (χ0v) is 10.1. The first-order chi connectivity index (χ1) is 7.97. The molecule has 0 atom stereocenters. The molecule has 0 spiro atoms. The van der Waals surface area contributed by atoms with Gasteiger partial charge in [0.05, 0.1) is 12.2 Å². The average Bonchev–Trinajstić information content (AvgIpc) is 2.26. The molecule has 0 aliphatic rings. The highest BCUT2D eigenvalue weighted by Crippen LogP contribution is 2.24. The summed E-state index contributed by atoms with van der Waals surface area (Å²) in [7, 11) is 0. The molecule has 0 saturated heterocycles. The van der Waals surface area contributed by atoms with Gasteiger partial charge in [0.25, 0.3) is 0 Å². The molecule has 17 heavy (non-hydrogen) atoms. The van der Waals surface area contributed by atoms with Crippen molar-refractivity contribution in [2.24, 2.45) is 11.5 Å². The number of benzene rings is 1. The second-order valence-electron chi connectivity index (χ2n) is 3.89. The SMILES string of the molecule is Cc1cccc(C)c1N(CC(N)=O)C(=O)CN. The molecule has 1 aromatic carbocycles. The number of primary amides is 1. The van der Waals surface area contributed by atoms with Gasteiger partial charge in [0.15, 0.2) is 0 Å². The van der Waals surface area contributed by atoms with Crippen molar-refractivity contribution in [1.82, 2.24) is 0 Å². The summed E-state index contributed by atoms with van der Waals surface area (Å²) in [6.45, 7) is 3.45. The Morgan fingerprint density at radius 1 is 1.24 bits per heavy atom. The van der Waals surface area contributed by atoms with Gasteiger partial charge in [-0.25, -0.2) is 0 Å². The number of para-hydroxylation sites is 1. The summed E-state index contributed by atoms with van der Waals surface area (Å²) < 4.78 is 0. The van der Waals surface area contributed by atoms with Crippen LogP contribution in [0.3, 0.4) is 0 Å². The minimum absolute atomic E-state index is 0.151. The normalized spacial score (nSPS) is 10.1. The van der Waals surface area contributed by atoms with Crippen LogP contribution in [0.1, 0.15) is 11.1 Å². The third-order valence-electron chi connectivity index (χ3n) is 2.50. The van der Waals surface area contributed by atoms with Crippen molar-refractivity contribution in [1.29, 1.82) is 0 Å². The first-order valence-corrected chi connectivity index (χ1v) is 5.32. The summed E-state index contributed by atoms with van der Waals surface area (Å²) >= 11 is 0. The number of aryl methyl sites for hydroxylation is 2. The van der Waals surface area contributed by atoms with Crippen molar-refractivity contribution in [2.75, 3.05) is 18.0 Å². The van der Waals surface area contributed by atoms with Gasteiger partial charge in [-0.1, -0.05) is 18.2 Å². The second kappa shape index (κ2) is 5.45. The maximum absolute atomic E-state index is 11.7. The third-order valence-corrected chi connectivity index (χ3v) is 2.50. The van der Waals surface area contributed by atoms with Crippen molar-refractivity contribution in [2.45, 2.75) is 13.8 Å². The number of carbonyl (C=O) groups excluding carboxylic acids is 2. The Morgan fingerprint density at radius 2 is 1.76 bits per heavy atom. The van der Waals surface area contributed by atoms with Crippen LogP contribution in [-0.4, -0.2) is 24.9 Å². The van der Waals surface area contributed by atoms with E-state index in [0.29, 0.717) is 5.69 Å². The summed E-state index contributed by atoms with van der Waals surface area (Å²) in [6.07, 6.45) is 0. The first kappa shape index (κ1) is 13.2. The Morgan fingerprint density at radius 3 is 2.18 bits per heavy atom. The van der Waals surface area contributed by atoms with Crippen LogP contribution in [0.4, 0.5) is 5.69 Å². The lowest BCUT2D eigenvalue weighted by molar-refractivity contribution is -0.121. The van der Waals surface area contributed by atoms with Gasteiger partial charge in [-0.05, 0) is 25.0 Å². The monoisotopic (exact) mass is 235 g/mol. The molecular formula is C12H17N3O2. The molecule has 4 N–H and O–H groups in total. The van der Waals surface area contributed by atoms with E-state index >= 15 is 0 Å². The van der Waals surface area contributed by atoms with Crippen molar-refractivity contribution in [3.05, 3.63) is 29.3 Å². The van der Waals surface area contributed by atoms with E-state index < -0.39 is 5.91 Å². The van der Waals surface area contributed by atoms with Crippen molar-refractivity contribution < 1.29 is 9.59 Å².